The number of carbonyl (C=O) groups excluding carboxylic acids is 1. The van der Waals surface area contributed by atoms with Gasteiger partial charge in [-0.15, -0.1) is 12.4 Å². The lowest BCUT2D eigenvalue weighted by atomic mass is 9.89. The van der Waals surface area contributed by atoms with E-state index in [2.05, 4.69) is 5.32 Å². The topological polar surface area (TPSA) is 32.3 Å². The van der Waals surface area contributed by atoms with Crippen LogP contribution >= 0.6 is 12.4 Å². The average Bonchev–Trinajstić information content (AvgIpc) is 2.56. The number of likely N-dealkylation sites (tertiary alicyclic amines) is 1. The number of piperidine rings is 2. The maximum atomic E-state index is 14.1. The van der Waals surface area contributed by atoms with E-state index in [9.17, 15) is 9.18 Å². The van der Waals surface area contributed by atoms with Crippen molar-refractivity contribution in [1.29, 1.82) is 0 Å². The van der Waals surface area contributed by atoms with E-state index >= 15 is 0 Å². The number of nitrogens with one attached hydrogen (secondary N) is 1. The summed E-state index contributed by atoms with van der Waals surface area (Å²) in [5.41, 5.74) is 1.37. The van der Waals surface area contributed by atoms with Gasteiger partial charge in [-0.25, -0.2) is 4.39 Å². The normalized spacial score (nSPS) is 19.6. The highest BCUT2D eigenvalue weighted by Crippen LogP contribution is 2.27. The third-order valence-corrected chi connectivity index (χ3v) is 4.67. The molecule has 0 bridgehead atoms. The van der Waals surface area contributed by atoms with Crippen molar-refractivity contribution in [3.63, 3.8) is 0 Å². The number of amides is 1. The van der Waals surface area contributed by atoms with Gasteiger partial charge in [-0.3, -0.25) is 4.79 Å². The molecule has 2 aliphatic heterocycles. The monoisotopic (exact) mass is 326 g/mol. The van der Waals surface area contributed by atoms with E-state index < -0.39 is 0 Å². The fourth-order valence-corrected chi connectivity index (χ4v) is 3.38. The van der Waals surface area contributed by atoms with E-state index in [1.54, 1.807) is 11.0 Å². The maximum Gasteiger partial charge on any atom is 0.256 e. The van der Waals surface area contributed by atoms with Crippen molar-refractivity contribution in [2.75, 3.05) is 26.2 Å². The number of benzene rings is 1. The fourth-order valence-electron chi connectivity index (χ4n) is 3.38. The molecule has 1 aromatic rings. The largest absolute Gasteiger partial charge is 0.339 e. The molecule has 1 N–H and O–H groups in total. The number of rotatable bonds is 2. The van der Waals surface area contributed by atoms with E-state index in [-0.39, 0.29) is 29.7 Å². The first-order valence-electron chi connectivity index (χ1n) is 8.05. The molecule has 0 radical (unpaired) electrons. The molecule has 0 aromatic heterocycles. The Kier molecular flexibility index (Phi) is 6.21. The Hall–Kier alpha value is -1.13. The van der Waals surface area contributed by atoms with Crippen molar-refractivity contribution in [3.8, 4) is 0 Å². The van der Waals surface area contributed by atoms with Crippen LogP contribution in [0.3, 0.4) is 0 Å². The Morgan fingerprint density at radius 1 is 1.14 bits per heavy atom. The van der Waals surface area contributed by atoms with Gasteiger partial charge in [-0.2, -0.15) is 0 Å². The summed E-state index contributed by atoms with van der Waals surface area (Å²) in [5, 5.41) is 3.34. The first-order valence-corrected chi connectivity index (χ1v) is 8.05. The molecule has 22 heavy (non-hydrogen) atoms. The van der Waals surface area contributed by atoms with Gasteiger partial charge in [0.15, 0.2) is 0 Å². The molecule has 0 saturated carbocycles. The van der Waals surface area contributed by atoms with Crippen LogP contribution in [0.1, 0.15) is 53.9 Å². The van der Waals surface area contributed by atoms with Crippen molar-refractivity contribution in [2.24, 2.45) is 0 Å². The molecule has 2 saturated heterocycles. The molecule has 0 atom stereocenters. The Morgan fingerprint density at radius 2 is 1.82 bits per heavy atom. The Morgan fingerprint density at radius 3 is 2.50 bits per heavy atom. The highest BCUT2D eigenvalue weighted by Gasteiger charge is 2.23. The van der Waals surface area contributed by atoms with E-state index in [0.29, 0.717) is 5.92 Å². The summed E-state index contributed by atoms with van der Waals surface area (Å²) in [4.78, 5) is 14.3. The molecule has 0 spiro atoms. The number of hydrogen-bond donors (Lipinski definition) is 1. The minimum atomic E-state index is -0.386. The minimum absolute atomic E-state index is 0. The molecular weight excluding hydrogens is 303 g/mol. The summed E-state index contributed by atoms with van der Waals surface area (Å²) >= 11 is 0. The molecule has 1 aromatic carbocycles. The van der Waals surface area contributed by atoms with Crippen molar-refractivity contribution in [2.45, 2.75) is 38.0 Å². The van der Waals surface area contributed by atoms with Crippen LogP contribution in [-0.2, 0) is 0 Å². The molecule has 122 valence electrons. The summed E-state index contributed by atoms with van der Waals surface area (Å²) in [6, 6.07) is 5.11. The predicted octanol–water partition coefficient (Wildman–Crippen LogP) is 3.34. The fraction of sp³-hybridized carbons (Fsp3) is 0.588. The zero-order chi connectivity index (χ0) is 14.7. The Labute approximate surface area is 137 Å². The summed E-state index contributed by atoms with van der Waals surface area (Å²) in [7, 11) is 0. The van der Waals surface area contributed by atoms with Gasteiger partial charge in [0, 0.05) is 13.1 Å². The molecule has 5 heteroatoms. The SMILES string of the molecule is Cl.O=C(c1cc(C2CCNCC2)ccc1F)N1CCCCC1. The lowest BCUT2D eigenvalue weighted by Crippen LogP contribution is -2.36. The zero-order valence-electron chi connectivity index (χ0n) is 12.8. The average molecular weight is 327 g/mol. The third kappa shape index (κ3) is 3.79. The highest BCUT2D eigenvalue weighted by atomic mass is 35.5. The molecule has 0 unspecified atom stereocenters. The van der Waals surface area contributed by atoms with Gasteiger partial charge in [0.05, 0.1) is 5.56 Å². The van der Waals surface area contributed by atoms with Gasteiger partial charge >= 0.3 is 0 Å². The van der Waals surface area contributed by atoms with Crippen molar-refractivity contribution in [3.05, 3.63) is 35.1 Å². The van der Waals surface area contributed by atoms with Gasteiger partial charge in [-0.1, -0.05) is 6.07 Å². The molecule has 2 heterocycles. The first kappa shape index (κ1) is 17.2. The highest BCUT2D eigenvalue weighted by molar-refractivity contribution is 5.94. The van der Waals surface area contributed by atoms with Crippen LogP contribution in [0, 0.1) is 5.82 Å². The molecule has 0 aliphatic carbocycles. The van der Waals surface area contributed by atoms with Crippen LogP contribution in [0.4, 0.5) is 4.39 Å². The van der Waals surface area contributed by atoms with Crippen molar-refractivity contribution < 1.29 is 9.18 Å². The van der Waals surface area contributed by atoms with Crippen LogP contribution in [0.2, 0.25) is 0 Å². The lowest BCUT2D eigenvalue weighted by Gasteiger charge is -2.28. The smallest absolute Gasteiger partial charge is 0.256 e. The number of carbonyl (C=O) groups is 1. The zero-order valence-corrected chi connectivity index (χ0v) is 13.6. The molecule has 3 rings (SSSR count). The standard InChI is InChI=1S/C17H23FN2O.ClH/c18-16-5-4-14(13-6-8-19-9-7-13)12-15(16)17(21)20-10-2-1-3-11-20;/h4-5,12-13,19H,1-3,6-11H2;1H. The van der Waals surface area contributed by atoms with Crippen LogP contribution in [-0.4, -0.2) is 37.0 Å². The first-order chi connectivity index (χ1) is 10.3. The van der Waals surface area contributed by atoms with Gasteiger partial charge in [0.1, 0.15) is 5.82 Å². The number of hydrogen-bond acceptors (Lipinski definition) is 2. The Balaban J connectivity index is 0.00000176. The quantitative estimate of drug-likeness (QED) is 0.904. The predicted molar refractivity (Wildman–Crippen MR) is 88.2 cm³/mol. The summed E-state index contributed by atoms with van der Waals surface area (Å²) in [6.07, 6.45) is 5.34. The second-order valence-electron chi connectivity index (χ2n) is 6.12. The van der Waals surface area contributed by atoms with Gasteiger partial charge in [-0.05, 0) is 68.8 Å². The van der Waals surface area contributed by atoms with Gasteiger partial charge < -0.3 is 10.2 Å². The van der Waals surface area contributed by atoms with Gasteiger partial charge in [0.25, 0.3) is 5.91 Å². The van der Waals surface area contributed by atoms with E-state index in [1.807, 2.05) is 6.07 Å². The van der Waals surface area contributed by atoms with E-state index in [4.69, 9.17) is 0 Å². The van der Waals surface area contributed by atoms with Crippen LogP contribution in [0.15, 0.2) is 18.2 Å². The maximum absolute atomic E-state index is 14.1. The minimum Gasteiger partial charge on any atom is -0.339 e. The summed E-state index contributed by atoms with van der Waals surface area (Å²) in [5.74, 6) is -0.0778. The van der Waals surface area contributed by atoms with Gasteiger partial charge in [0.2, 0.25) is 0 Å². The molecule has 2 fully saturated rings. The Bertz CT molecular complexity index is 511. The second-order valence-corrected chi connectivity index (χ2v) is 6.12. The van der Waals surface area contributed by atoms with Crippen LogP contribution < -0.4 is 5.32 Å². The lowest BCUT2D eigenvalue weighted by molar-refractivity contribution is 0.0719. The van der Waals surface area contributed by atoms with E-state index in [0.717, 1.165) is 57.4 Å². The van der Waals surface area contributed by atoms with Crippen molar-refractivity contribution in [1.82, 2.24) is 10.2 Å². The van der Waals surface area contributed by atoms with Crippen molar-refractivity contribution >= 4 is 18.3 Å². The van der Waals surface area contributed by atoms with Crippen LogP contribution in [0.5, 0.6) is 0 Å². The molecule has 3 nitrogen and oxygen atoms in total. The molecular formula is C17H24ClFN2O. The van der Waals surface area contributed by atoms with E-state index in [1.165, 1.54) is 12.5 Å². The van der Waals surface area contributed by atoms with Crippen LogP contribution in [0.25, 0.3) is 0 Å². The third-order valence-electron chi connectivity index (χ3n) is 4.67. The number of nitrogens with zero attached hydrogens (tertiary/aromatic N) is 1. The molecule has 1 amide bonds. The summed E-state index contributed by atoms with van der Waals surface area (Å²) in [6.45, 7) is 3.51. The summed E-state index contributed by atoms with van der Waals surface area (Å²) < 4.78 is 14.1. The second kappa shape index (κ2) is 7.93. The number of halogens is 2. The molecule has 2 aliphatic rings.